The molecule has 1 N–H and O–H groups in total. The summed E-state index contributed by atoms with van der Waals surface area (Å²) >= 11 is 0. The summed E-state index contributed by atoms with van der Waals surface area (Å²) in [4.78, 5) is 30.8. The van der Waals surface area contributed by atoms with E-state index >= 15 is 0 Å². The number of benzene rings is 2. The van der Waals surface area contributed by atoms with Gasteiger partial charge in [0.25, 0.3) is 11.7 Å². The van der Waals surface area contributed by atoms with E-state index in [1.807, 2.05) is 19.1 Å². The van der Waals surface area contributed by atoms with Crippen molar-refractivity contribution in [3.8, 4) is 23.0 Å². The van der Waals surface area contributed by atoms with E-state index in [9.17, 15) is 14.7 Å². The van der Waals surface area contributed by atoms with Gasteiger partial charge in [-0.25, -0.2) is 0 Å². The Morgan fingerprint density at radius 3 is 2.46 bits per heavy atom. The largest absolute Gasteiger partial charge is 0.507 e. The summed E-state index contributed by atoms with van der Waals surface area (Å²) in [6.45, 7) is 9.43. The Hall–Kier alpha value is -3.76. The van der Waals surface area contributed by atoms with Gasteiger partial charge in [0.1, 0.15) is 19.0 Å². The zero-order chi connectivity index (χ0) is 28.8. The molecule has 2 aromatic carbocycles. The molecule has 3 aliphatic heterocycles. The lowest BCUT2D eigenvalue weighted by atomic mass is 9.94. The second kappa shape index (κ2) is 13.3. The molecule has 0 spiro atoms. The molecule has 2 fully saturated rings. The number of nitrogens with zero attached hydrogens (tertiary/aromatic N) is 2. The number of likely N-dealkylation sites (tertiary alicyclic amines) is 1. The third-order valence-electron chi connectivity index (χ3n) is 7.46. The van der Waals surface area contributed by atoms with Crippen LogP contribution in [-0.2, 0) is 14.3 Å². The first-order chi connectivity index (χ1) is 20.0. The van der Waals surface area contributed by atoms with Crippen LogP contribution in [0.25, 0.3) is 5.76 Å². The number of amides is 1. The summed E-state index contributed by atoms with van der Waals surface area (Å²) < 4.78 is 28.6. The van der Waals surface area contributed by atoms with Crippen LogP contribution in [-0.4, -0.2) is 92.4 Å². The maximum absolute atomic E-state index is 13.6. The second-order valence-electron chi connectivity index (χ2n) is 10.1. The van der Waals surface area contributed by atoms with Gasteiger partial charge >= 0.3 is 0 Å². The van der Waals surface area contributed by atoms with E-state index in [0.29, 0.717) is 86.9 Å². The molecule has 3 aliphatic rings. The van der Waals surface area contributed by atoms with E-state index in [0.717, 1.165) is 25.9 Å². The molecule has 1 atom stereocenters. The van der Waals surface area contributed by atoms with Crippen LogP contribution in [0.4, 0.5) is 0 Å². The van der Waals surface area contributed by atoms with Crippen molar-refractivity contribution in [1.29, 1.82) is 0 Å². The number of morpholine rings is 1. The first-order valence-corrected chi connectivity index (χ1v) is 14.4. The second-order valence-corrected chi connectivity index (χ2v) is 10.1. The molecule has 1 amide bonds. The summed E-state index contributed by atoms with van der Waals surface area (Å²) in [5.41, 5.74) is 1.04. The van der Waals surface area contributed by atoms with Gasteiger partial charge in [-0.05, 0) is 49.2 Å². The highest BCUT2D eigenvalue weighted by molar-refractivity contribution is 6.46. The van der Waals surface area contributed by atoms with Gasteiger partial charge in [0, 0.05) is 31.7 Å². The molecule has 2 saturated heterocycles. The van der Waals surface area contributed by atoms with Gasteiger partial charge in [0.05, 0.1) is 38.0 Å². The summed E-state index contributed by atoms with van der Waals surface area (Å²) in [5.74, 6) is 0.524. The van der Waals surface area contributed by atoms with Gasteiger partial charge in [0.15, 0.2) is 23.0 Å². The number of aliphatic hydroxyl groups excluding tert-OH is 1. The number of Topliss-reactive ketones (excluding diaryl/α,β-unsaturated/α-hetero) is 1. The lowest BCUT2D eigenvalue weighted by molar-refractivity contribution is -0.140. The van der Waals surface area contributed by atoms with Crippen molar-refractivity contribution in [2.24, 2.45) is 0 Å². The lowest BCUT2D eigenvalue weighted by Gasteiger charge is -2.31. The quantitative estimate of drug-likeness (QED) is 0.188. The number of unbranched alkanes of at least 4 members (excludes halogenated alkanes) is 1. The van der Waals surface area contributed by atoms with Crippen LogP contribution in [0, 0.1) is 0 Å². The van der Waals surface area contributed by atoms with Crippen molar-refractivity contribution in [2.45, 2.75) is 32.7 Å². The smallest absolute Gasteiger partial charge is 0.295 e. The fourth-order valence-corrected chi connectivity index (χ4v) is 5.29. The number of rotatable bonds is 11. The van der Waals surface area contributed by atoms with Crippen molar-refractivity contribution >= 4 is 17.4 Å². The van der Waals surface area contributed by atoms with E-state index in [-0.39, 0.29) is 11.3 Å². The average molecular weight is 567 g/mol. The van der Waals surface area contributed by atoms with Crippen LogP contribution >= 0.6 is 0 Å². The zero-order valence-electron chi connectivity index (χ0n) is 23.7. The summed E-state index contributed by atoms with van der Waals surface area (Å²) in [7, 11) is 0. The SMILES string of the molecule is CCCCOc1ccc([C@@H]2/C(=C(\O)c3ccc4c(c3)OCCO4)C(=O)C(=O)N2CCN2CCOCC2)cc1OCC. The third kappa shape index (κ3) is 6.28. The van der Waals surface area contributed by atoms with E-state index in [1.165, 1.54) is 0 Å². The maximum Gasteiger partial charge on any atom is 0.295 e. The van der Waals surface area contributed by atoms with Gasteiger partial charge in [-0.3, -0.25) is 14.5 Å². The highest BCUT2D eigenvalue weighted by Crippen LogP contribution is 2.43. The number of carbonyl (C=O) groups excluding carboxylic acids is 2. The van der Waals surface area contributed by atoms with Gasteiger partial charge < -0.3 is 33.7 Å². The first kappa shape index (κ1) is 28.8. The standard InChI is InChI=1S/C31H38N2O8/c1-3-5-14-39-23-8-6-21(19-25(23)38-4-2)28-27(29(34)22-7-9-24-26(20-22)41-18-17-40-24)30(35)31(36)33(28)11-10-32-12-15-37-16-13-32/h6-9,19-20,28,34H,3-5,10-18H2,1-2H3/b29-27+/t28-/m1/s1. The van der Waals surface area contributed by atoms with Gasteiger partial charge in [-0.15, -0.1) is 0 Å². The molecule has 2 aromatic rings. The van der Waals surface area contributed by atoms with E-state index < -0.39 is 17.7 Å². The van der Waals surface area contributed by atoms with Crippen molar-refractivity contribution in [3.05, 3.63) is 53.1 Å². The summed E-state index contributed by atoms with van der Waals surface area (Å²) in [6.07, 6.45) is 1.91. The molecule has 0 radical (unpaired) electrons. The molecule has 0 saturated carbocycles. The predicted octanol–water partition coefficient (Wildman–Crippen LogP) is 3.79. The van der Waals surface area contributed by atoms with Gasteiger partial charge in [-0.2, -0.15) is 0 Å². The predicted molar refractivity (Wildman–Crippen MR) is 152 cm³/mol. The first-order valence-electron chi connectivity index (χ1n) is 14.4. The number of aliphatic hydroxyl groups is 1. The Morgan fingerprint density at radius 2 is 1.71 bits per heavy atom. The van der Waals surface area contributed by atoms with Crippen LogP contribution in [0.5, 0.6) is 23.0 Å². The van der Waals surface area contributed by atoms with Crippen molar-refractivity contribution in [3.63, 3.8) is 0 Å². The minimum Gasteiger partial charge on any atom is -0.507 e. The minimum atomic E-state index is -0.812. The molecule has 5 rings (SSSR count). The lowest BCUT2D eigenvalue weighted by Crippen LogP contribution is -2.42. The van der Waals surface area contributed by atoms with Crippen molar-refractivity contribution < 1.29 is 38.4 Å². The summed E-state index contributed by atoms with van der Waals surface area (Å²) in [5, 5.41) is 11.5. The molecule has 10 heteroatoms. The molecular weight excluding hydrogens is 528 g/mol. The Morgan fingerprint density at radius 1 is 0.927 bits per heavy atom. The van der Waals surface area contributed by atoms with Crippen LogP contribution in [0.15, 0.2) is 42.0 Å². The molecule has 0 unspecified atom stereocenters. The highest BCUT2D eigenvalue weighted by Gasteiger charge is 2.46. The van der Waals surface area contributed by atoms with E-state index in [1.54, 1.807) is 29.2 Å². The van der Waals surface area contributed by atoms with E-state index in [2.05, 4.69) is 11.8 Å². The molecule has 10 nitrogen and oxygen atoms in total. The Labute approximate surface area is 240 Å². The molecule has 0 bridgehead atoms. The van der Waals surface area contributed by atoms with E-state index in [4.69, 9.17) is 23.7 Å². The topological polar surface area (TPSA) is 107 Å². The fourth-order valence-electron chi connectivity index (χ4n) is 5.29. The van der Waals surface area contributed by atoms with Crippen LogP contribution in [0.3, 0.4) is 0 Å². The number of hydrogen-bond donors (Lipinski definition) is 1. The normalized spacial score (nSPS) is 20.3. The molecular formula is C31H38N2O8. The number of fused-ring (bicyclic) bond motifs is 1. The Kier molecular flexibility index (Phi) is 9.31. The van der Waals surface area contributed by atoms with Crippen molar-refractivity contribution in [2.75, 3.05) is 65.8 Å². The monoisotopic (exact) mass is 566 g/mol. The average Bonchev–Trinajstić information content (AvgIpc) is 3.26. The number of hydrogen-bond acceptors (Lipinski definition) is 9. The molecule has 220 valence electrons. The van der Waals surface area contributed by atoms with Gasteiger partial charge in [-0.1, -0.05) is 19.4 Å². The zero-order valence-corrected chi connectivity index (χ0v) is 23.7. The number of ketones is 1. The number of carbonyl (C=O) groups is 2. The van der Waals surface area contributed by atoms with Crippen LogP contribution < -0.4 is 18.9 Å². The molecule has 3 heterocycles. The Bertz CT molecular complexity index is 1290. The Balaban J connectivity index is 1.55. The molecule has 0 aliphatic carbocycles. The summed E-state index contributed by atoms with van der Waals surface area (Å²) in [6, 6.07) is 9.63. The maximum atomic E-state index is 13.6. The van der Waals surface area contributed by atoms with Gasteiger partial charge in [0.2, 0.25) is 0 Å². The van der Waals surface area contributed by atoms with Crippen LogP contribution in [0.2, 0.25) is 0 Å². The third-order valence-corrected chi connectivity index (χ3v) is 7.46. The van der Waals surface area contributed by atoms with Crippen molar-refractivity contribution in [1.82, 2.24) is 9.80 Å². The minimum absolute atomic E-state index is 0.0238. The number of ether oxygens (including phenoxy) is 5. The van der Waals surface area contributed by atoms with Crippen LogP contribution in [0.1, 0.15) is 43.9 Å². The molecule has 0 aromatic heterocycles. The fraction of sp³-hybridized carbons (Fsp3) is 0.484. The highest BCUT2D eigenvalue weighted by atomic mass is 16.6. The molecule has 41 heavy (non-hydrogen) atoms.